The van der Waals surface area contributed by atoms with E-state index < -0.39 is 0 Å². The Labute approximate surface area is 180 Å². The van der Waals surface area contributed by atoms with Gasteiger partial charge in [0.2, 0.25) is 5.91 Å². The van der Waals surface area contributed by atoms with E-state index in [2.05, 4.69) is 48.0 Å². The van der Waals surface area contributed by atoms with E-state index in [0.29, 0.717) is 6.42 Å². The number of pyridine rings is 1. The fourth-order valence-corrected chi connectivity index (χ4v) is 5.02. The van der Waals surface area contributed by atoms with Gasteiger partial charge in [0.25, 0.3) is 0 Å². The Balaban J connectivity index is 1.47. The summed E-state index contributed by atoms with van der Waals surface area (Å²) in [5, 5.41) is 0. The van der Waals surface area contributed by atoms with Crippen LogP contribution in [0.25, 0.3) is 0 Å². The minimum Gasteiger partial charge on any atom is -0.487 e. The predicted molar refractivity (Wildman–Crippen MR) is 118 cm³/mol. The van der Waals surface area contributed by atoms with Crippen LogP contribution in [0.15, 0.2) is 48.8 Å². The van der Waals surface area contributed by atoms with Crippen LogP contribution in [0.2, 0.25) is 0 Å². The van der Waals surface area contributed by atoms with Gasteiger partial charge >= 0.3 is 0 Å². The molecule has 0 aliphatic carbocycles. The first kappa shape index (κ1) is 20.9. The van der Waals surface area contributed by atoms with Crippen LogP contribution >= 0.6 is 0 Å². The topological polar surface area (TPSA) is 45.7 Å². The van der Waals surface area contributed by atoms with Gasteiger partial charge < -0.3 is 9.64 Å². The van der Waals surface area contributed by atoms with Crippen molar-refractivity contribution in [2.45, 2.75) is 57.6 Å². The molecular formula is C25H33N3O2. The Morgan fingerprint density at radius 2 is 1.93 bits per heavy atom. The summed E-state index contributed by atoms with van der Waals surface area (Å²) in [5.41, 5.74) is 2.29. The average Bonchev–Trinajstić information content (AvgIpc) is 2.77. The highest BCUT2D eigenvalue weighted by molar-refractivity contribution is 5.77. The molecule has 1 saturated heterocycles. The fourth-order valence-electron chi connectivity index (χ4n) is 5.02. The van der Waals surface area contributed by atoms with E-state index >= 15 is 0 Å². The van der Waals surface area contributed by atoms with Crippen molar-refractivity contribution in [3.05, 3.63) is 59.9 Å². The first-order chi connectivity index (χ1) is 14.6. The highest BCUT2D eigenvalue weighted by atomic mass is 16.5. The highest BCUT2D eigenvalue weighted by Crippen LogP contribution is 2.46. The second-order valence-electron chi connectivity index (χ2n) is 8.63. The van der Waals surface area contributed by atoms with Crippen LogP contribution < -0.4 is 4.74 Å². The number of carbonyl (C=O) groups excluding carboxylic acids is 1. The number of hydrogen-bond donors (Lipinski definition) is 0. The van der Waals surface area contributed by atoms with E-state index in [0.717, 1.165) is 57.7 Å². The van der Waals surface area contributed by atoms with Crippen LogP contribution in [0.5, 0.6) is 5.75 Å². The molecular weight excluding hydrogens is 374 g/mol. The highest BCUT2D eigenvalue weighted by Gasteiger charge is 2.43. The van der Waals surface area contributed by atoms with E-state index in [9.17, 15) is 4.79 Å². The molecule has 0 N–H and O–H groups in total. The second-order valence-corrected chi connectivity index (χ2v) is 8.63. The zero-order valence-corrected chi connectivity index (χ0v) is 18.2. The number of hydrogen-bond acceptors (Lipinski definition) is 4. The lowest BCUT2D eigenvalue weighted by Gasteiger charge is -2.47. The maximum absolute atomic E-state index is 12.9. The van der Waals surface area contributed by atoms with Gasteiger partial charge in [-0.3, -0.25) is 14.7 Å². The number of likely N-dealkylation sites (tertiary alicyclic amines) is 1. The van der Waals surface area contributed by atoms with E-state index in [1.165, 1.54) is 11.1 Å². The summed E-state index contributed by atoms with van der Waals surface area (Å²) in [6, 6.07) is 12.5. The van der Waals surface area contributed by atoms with Crippen molar-refractivity contribution in [1.29, 1.82) is 0 Å². The summed E-state index contributed by atoms with van der Waals surface area (Å²) in [5.74, 6) is 1.46. The molecule has 1 amide bonds. The number of fused-ring (bicyclic) bond motifs is 1. The monoisotopic (exact) mass is 407 g/mol. The van der Waals surface area contributed by atoms with E-state index in [1.54, 1.807) is 0 Å². The van der Waals surface area contributed by atoms with Crippen LogP contribution in [0.1, 0.15) is 56.6 Å². The Hall–Kier alpha value is -2.40. The van der Waals surface area contributed by atoms with Gasteiger partial charge in [0.15, 0.2) is 0 Å². The Morgan fingerprint density at radius 3 is 2.63 bits per heavy atom. The summed E-state index contributed by atoms with van der Waals surface area (Å²) in [6.45, 7) is 8.60. The van der Waals surface area contributed by atoms with E-state index in [4.69, 9.17) is 4.74 Å². The average molecular weight is 408 g/mol. The summed E-state index contributed by atoms with van der Waals surface area (Å²) < 4.78 is 6.62. The molecule has 1 atom stereocenters. The van der Waals surface area contributed by atoms with Gasteiger partial charge in [0.1, 0.15) is 11.4 Å². The quantitative estimate of drug-likeness (QED) is 0.718. The van der Waals surface area contributed by atoms with Crippen molar-refractivity contribution < 1.29 is 9.53 Å². The Kier molecular flexibility index (Phi) is 6.38. The van der Waals surface area contributed by atoms with Crippen LogP contribution in [-0.4, -0.2) is 52.5 Å². The lowest BCUT2D eigenvalue weighted by atomic mass is 9.76. The molecule has 2 aromatic rings. The first-order valence-corrected chi connectivity index (χ1v) is 11.3. The molecule has 5 nitrogen and oxygen atoms in total. The maximum atomic E-state index is 12.9. The van der Waals surface area contributed by atoms with Crippen molar-refractivity contribution in [3.63, 3.8) is 0 Å². The number of aromatic nitrogens is 1. The predicted octanol–water partition coefficient (Wildman–Crippen LogP) is 4.24. The maximum Gasteiger partial charge on any atom is 0.223 e. The minimum atomic E-state index is -0.159. The van der Waals surface area contributed by atoms with Gasteiger partial charge in [-0.15, -0.1) is 0 Å². The number of piperidine rings is 1. The zero-order chi connectivity index (χ0) is 21.0. The molecule has 0 bridgehead atoms. The lowest BCUT2D eigenvalue weighted by Crippen LogP contribution is -2.50. The fraction of sp³-hybridized carbons (Fsp3) is 0.520. The smallest absolute Gasteiger partial charge is 0.223 e. The van der Waals surface area contributed by atoms with Crippen LogP contribution in [0.3, 0.4) is 0 Å². The molecule has 2 aliphatic heterocycles. The summed E-state index contributed by atoms with van der Waals surface area (Å²) in [4.78, 5) is 21.6. The molecule has 4 rings (SSSR count). The zero-order valence-electron chi connectivity index (χ0n) is 18.2. The summed E-state index contributed by atoms with van der Waals surface area (Å²) >= 11 is 0. The molecule has 3 heterocycles. The number of para-hydroxylation sites is 1. The SMILES string of the molecule is CCN(CC)C(=O)C[C@@H]1CC2(CCN(Cc3cccnc3)CC2)Oc2ccccc21. The van der Waals surface area contributed by atoms with Gasteiger partial charge in [0.05, 0.1) is 0 Å². The van der Waals surface area contributed by atoms with Crippen LogP contribution in [0.4, 0.5) is 0 Å². The minimum absolute atomic E-state index is 0.159. The number of nitrogens with zero attached hydrogens (tertiary/aromatic N) is 3. The molecule has 0 radical (unpaired) electrons. The molecule has 0 saturated carbocycles. The molecule has 160 valence electrons. The summed E-state index contributed by atoms with van der Waals surface area (Å²) in [7, 11) is 0. The second kappa shape index (κ2) is 9.17. The van der Waals surface area contributed by atoms with Gasteiger partial charge in [0, 0.05) is 57.5 Å². The Morgan fingerprint density at radius 1 is 1.17 bits per heavy atom. The third-order valence-corrected chi connectivity index (χ3v) is 6.74. The van der Waals surface area contributed by atoms with Gasteiger partial charge in [-0.2, -0.15) is 0 Å². The van der Waals surface area contributed by atoms with E-state index in [1.807, 2.05) is 29.4 Å². The van der Waals surface area contributed by atoms with Crippen molar-refractivity contribution in [1.82, 2.24) is 14.8 Å². The molecule has 2 aliphatic rings. The first-order valence-electron chi connectivity index (χ1n) is 11.3. The third-order valence-electron chi connectivity index (χ3n) is 6.74. The number of ether oxygens (including phenoxy) is 1. The molecule has 0 unspecified atom stereocenters. The van der Waals surface area contributed by atoms with Gasteiger partial charge in [-0.25, -0.2) is 0 Å². The van der Waals surface area contributed by atoms with Crippen molar-refractivity contribution in [2.75, 3.05) is 26.2 Å². The van der Waals surface area contributed by atoms with Crippen molar-refractivity contribution >= 4 is 5.91 Å². The molecule has 5 heteroatoms. The molecule has 1 aromatic heterocycles. The molecule has 1 fully saturated rings. The molecule has 1 spiro atoms. The molecule has 30 heavy (non-hydrogen) atoms. The van der Waals surface area contributed by atoms with Crippen LogP contribution in [-0.2, 0) is 11.3 Å². The van der Waals surface area contributed by atoms with Crippen molar-refractivity contribution in [3.8, 4) is 5.75 Å². The number of benzene rings is 1. The number of rotatable bonds is 6. The van der Waals surface area contributed by atoms with Crippen molar-refractivity contribution in [2.24, 2.45) is 0 Å². The Bertz CT molecular complexity index is 842. The number of carbonyl (C=O) groups is 1. The standard InChI is InChI=1S/C25H33N3O2/c1-3-28(4-2)24(29)16-21-17-25(30-23-10-6-5-9-22(21)23)11-14-27(15-12-25)19-20-8-7-13-26-18-20/h5-10,13,18,21H,3-4,11-12,14-17,19H2,1-2H3/t21-/m1/s1. The van der Waals surface area contributed by atoms with Crippen LogP contribution in [0, 0.1) is 0 Å². The lowest BCUT2D eigenvalue weighted by molar-refractivity contribution is -0.131. The van der Waals surface area contributed by atoms with Gasteiger partial charge in [-0.1, -0.05) is 24.3 Å². The summed E-state index contributed by atoms with van der Waals surface area (Å²) in [6.07, 6.45) is 7.27. The normalized spacial score (nSPS) is 20.4. The molecule has 1 aromatic carbocycles. The van der Waals surface area contributed by atoms with Gasteiger partial charge in [-0.05, 0) is 56.4 Å². The third kappa shape index (κ3) is 4.51. The largest absolute Gasteiger partial charge is 0.487 e. The number of amides is 1. The van der Waals surface area contributed by atoms with E-state index in [-0.39, 0.29) is 17.4 Å².